The van der Waals surface area contributed by atoms with E-state index in [-0.39, 0.29) is 10.6 Å². The van der Waals surface area contributed by atoms with Crippen molar-refractivity contribution in [3.8, 4) is 11.3 Å². The number of carboxylic acids is 1. The van der Waals surface area contributed by atoms with Gasteiger partial charge in [0.15, 0.2) is 0 Å². The molecule has 9 nitrogen and oxygen atoms in total. The number of H-pyrrole nitrogens is 1. The summed E-state index contributed by atoms with van der Waals surface area (Å²) in [5.74, 6) is 0.233. The highest BCUT2D eigenvalue weighted by Crippen LogP contribution is 2.32. The van der Waals surface area contributed by atoms with Crippen molar-refractivity contribution >= 4 is 29.5 Å². The van der Waals surface area contributed by atoms with Crippen LogP contribution < -0.4 is 0 Å². The van der Waals surface area contributed by atoms with Gasteiger partial charge in [-0.15, -0.1) is 5.10 Å². The van der Waals surface area contributed by atoms with Gasteiger partial charge in [0.05, 0.1) is 4.92 Å². The summed E-state index contributed by atoms with van der Waals surface area (Å²) in [6, 6.07) is 7.95. The molecule has 0 atom stereocenters. The fraction of sp³-hybridized carbons (Fsp3) is 0.167. The molecule has 28 heavy (non-hydrogen) atoms. The summed E-state index contributed by atoms with van der Waals surface area (Å²) in [5.41, 5.74) is 1.03. The molecule has 0 aliphatic carbocycles. The summed E-state index contributed by atoms with van der Waals surface area (Å²) in [7, 11) is 0. The Kier molecular flexibility index (Phi) is 5.59. The summed E-state index contributed by atoms with van der Waals surface area (Å²) in [4.78, 5) is 26.4. The van der Waals surface area contributed by atoms with Gasteiger partial charge in [0.25, 0.3) is 5.69 Å². The van der Waals surface area contributed by atoms with Crippen molar-refractivity contribution in [1.29, 1.82) is 0 Å². The lowest BCUT2D eigenvalue weighted by atomic mass is 10.1. The van der Waals surface area contributed by atoms with Crippen molar-refractivity contribution in [3.63, 3.8) is 0 Å². The molecule has 3 aromatic rings. The van der Waals surface area contributed by atoms with Crippen LogP contribution in [0.2, 0.25) is 0 Å². The Morgan fingerprint density at radius 3 is 2.82 bits per heavy atom. The second-order valence-electron chi connectivity index (χ2n) is 5.74. The highest BCUT2D eigenvalue weighted by atomic mass is 32.2. The van der Waals surface area contributed by atoms with E-state index < -0.39 is 10.9 Å². The van der Waals surface area contributed by atoms with Gasteiger partial charge in [0, 0.05) is 29.7 Å². The standard InChI is InChI=1S/C18H16N4O5S/c1-3-16-19-18(21-20-16)28-15(17(23)24)9-11-7-8-14(27-11)12-5-4-6-13(10(12)2)22(25)26/h4-9H,3H2,1-2H3,(H,23,24)(H,19,20,21)/b15-9+. The van der Waals surface area contributed by atoms with E-state index in [0.29, 0.717) is 40.0 Å². The largest absolute Gasteiger partial charge is 0.477 e. The number of aliphatic carboxylic acids is 1. The summed E-state index contributed by atoms with van der Waals surface area (Å²) in [6.45, 7) is 3.54. The highest BCUT2D eigenvalue weighted by Gasteiger charge is 2.18. The van der Waals surface area contributed by atoms with Crippen LogP contribution in [-0.2, 0) is 11.2 Å². The van der Waals surface area contributed by atoms with Crippen molar-refractivity contribution in [1.82, 2.24) is 15.2 Å². The van der Waals surface area contributed by atoms with E-state index in [1.807, 2.05) is 6.92 Å². The molecular formula is C18H16N4O5S. The Hall–Kier alpha value is -3.40. The number of furan rings is 1. The normalized spacial score (nSPS) is 11.6. The first kappa shape index (κ1) is 19.4. The zero-order chi connectivity index (χ0) is 20.3. The minimum Gasteiger partial charge on any atom is -0.477 e. The predicted molar refractivity (Wildman–Crippen MR) is 103 cm³/mol. The van der Waals surface area contributed by atoms with Crippen molar-refractivity contribution in [2.45, 2.75) is 25.4 Å². The lowest BCUT2D eigenvalue weighted by Crippen LogP contribution is -1.97. The number of nitro groups is 1. The molecule has 2 aromatic heterocycles. The topological polar surface area (TPSA) is 135 Å². The fourth-order valence-electron chi connectivity index (χ4n) is 2.51. The minimum atomic E-state index is -1.14. The number of hydrogen-bond acceptors (Lipinski definition) is 7. The SMILES string of the molecule is CCc1nc(S/C(=C/c2ccc(-c3cccc([N+](=O)[O-])c3C)o2)C(=O)O)n[nH]1. The fourth-order valence-corrected chi connectivity index (χ4v) is 3.21. The highest BCUT2D eigenvalue weighted by molar-refractivity contribution is 8.04. The van der Waals surface area contributed by atoms with E-state index in [1.54, 1.807) is 31.2 Å². The summed E-state index contributed by atoms with van der Waals surface area (Å²) in [6.07, 6.45) is 2.02. The van der Waals surface area contributed by atoms with E-state index in [4.69, 9.17) is 4.42 Å². The Morgan fingerprint density at radius 1 is 1.39 bits per heavy atom. The van der Waals surface area contributed by atoms with Crippen molar-refractivity contribution in [2.24, 2.45) is 0 Å². The van der Waals surface area contributed by atoms with Crippen molar-refractivity contribution < 1.29 is 19.2 Å². The molecule has 0 bridgehead atoms. The van der Waals surface area contributed by atoms with Gasteiger partial charge in [0.1, 0.15) is 22.3 Å². The third-order valence-electron chi connectivity index (χ3n) is 3.93. The quantitative estimate of drug-likeness (QED) is 0.262. The number of aromatic amines is 1. The molecule has 0 amide bonds. The third kappa shape index (κ3) is 4.12. The first-order valence-electron chi connectivity index (χ1n) is 8.27. The number of nitrogens with zero attached hydrogens (tertiary/aromatic N) is 3. The summed E-state index contributed by atoms with van der Waals surface area (Å²) in [5, 5.41) is 27.6. The van der Waals surface area contributed by atoms with E-state index in [9.17, 15) is 20.0 Å². The zero-order valence-electron chi connectivity index (χ0n) is 15.0. The number of aryl methyl sites for hydroxylation is 1. The van der Waals surface area contributed by atoms with Crippen LogP contribution in [0.1, 0.15) is 24.1 Å². The monoisotopic (exact) mass is 400 g/mol. The van der Waals surface area contributed by atoms with Crippen LogP contribution in [0, 0.1) is 17.0 Å². The molecule has 0 saturated heterocycles. The zero-order valence-corrected chi connectivity index (χ0v) is 15.8. The average molecular weight is 400 g/mol. The van der Waals surface area contributed by atoms with Gasteiger partial charge in [-0.3, -0.25) is 15.2 Å². The van der Waals surface area contributed by atoms with Gasteiger partial charge in [-0.25, -0.2) is 9.78 Å². The van der Waals surface area contributed by atoms with Gasteiger partial charge < -0.3 is 9.52 Å². The minimum absolute atomic E-state index is 0.0101. The number of aromatic nitrogens is 3. The second kappa shape index (κ2) is 8.09. The Morgan fingerprint density at radius 2 is 2.18 bits per heavy atom. The first-order chi connectivity index (χ1) is 13.4. The predicted octanol–water partition coefficient (Wildman–Crippen LogP) is 4.06. The van der Waals surface area contributed by atoms with Crippen LogP contribution >= 0.6 is 11.8 Å². The number of carboxylic acid groups (broad SMARTS) is 1. The Bertz CT molecular complexity index is 1070. The van der Waals surface area contributed by atoms with Gasteiger partial charge in [-0.1, -0.05) is 19.1 Å². The molecule has 0 unspecified atom stereocenters. The molecule has 0 saturated carbocycles. The molecular weight excluding hydrogens is 384 g/mol. The van der Waals surface area contributed by atoms with Crippen LogP contribution in [0.3, 0.4) is 0 Å². The number of nitrogens with one attached hydrogen (secondary N) is 1. The molecule has 2 heterocycles. The molecule has 10 heteroatoms. The van der Waals surface area contributed by atoms with Crippen LogP contribution in [0.4, 0.5) is 5.69 Å². The second-order valence-corrected chi connectivity index (χ2v) is 6.75. The summed E-state index contributed by atoms with van der Waals surface area (Å²) < 4.78 is 5.71. The first-order valence-corrected chi connectivity index (χ1v) is 9.09. The van der Waals surface area contributed by atoms with Crippen LogP contribution in [-0.4, -0.2) is 31.2 Å². The maximum atomic E-state index is 11.6. The van der Waals surface area contributed by atoms with E-state index in [2.05, 4.69) is 15.2 Å². The molecule has 2 N–H and O–H groups in total. The van der Waals surface area contributed by atoms with E-state index in [1.165, 1.54) is 12.1 Å². The average Bonchev–Trinajstić information content (AvgIpc) is 3.30. The number of carbonyl (C=O) groups is 1. The third-order valence-corrected chi connectivity index (χ3v) is 4.80. The van der Waals surface area contributed by atoms with E-state index in [0.717, 1.165) is 11.8 Å². The number of thioether (sulfide) groups is 1. The van der Waals surface area contributed by atoms with Gasteiger partial charge in [0.2, 0.25) is 5.16 Å². The molecule has 144 valence electrons. The van der Waals surface area contributed by atoms with Crippen LogP contribution in [0.15, 0.2) is 44.8 Å². The molecule has 0 aliphatic rings. The van der Waals surface area contributed by atoms with Crippen molar-refractivity contribution in [3.05, 3.63) is 62.5 Å². The Labute approximate surface area is 163 Å². The smallest absolute Gasteiger partial charge is 0.342 e. The van der Waals surface area contributed by atoms with Crippen LogP contribution in [0.25, 0.3) is 17.4 Å². The number of benzene rings is 1. The Balaban J connectivity index is 1.90. The molecule has 0 radical (unpaired) electrons. The molecule has 1 aromatic carbocycles. The molecule has 0 aliphatic heterocycles. The lowest BCUT2D eigenvalue weighted by Gasteiger charge is -2.03. The number of nitro benzene ring substituents is 1. The molecule has 3 rings (SSSR count). The van der Waals surface area contributed by atoms with Gasteiger partial charge in [-0.2, -0.15) is 0 Å². The number of rotatable bonds is 7. The molecule has 0 fully saturated rings. The maximum Gasteiger partial charge on any atom is 0.342 e. The van der Waals surface area contributed by atoms with Gasteiger partial charge >= 0.3 is 5.97 Å². The van der Waals surface area contributed by atoms with E-state index >= 15 is 0 Å². The van der Waals surface area contributed by atoms with Crippen molar-refractivity contribution in [2.75, 3.05) is 0 Å². The van der Waals surface area contributed by atoms with Gasteiger partial charge in [-0.05, 0) is 30.8 Å². The maximum absolute atomic E-state index is 11.6. The van der Waals surface area contributed by atoms with Crippen LogP contribution in [0.5, 0.6) is 0 Å². The lowest BCUT2D eigenvalue weighted by molar-refractivity contribution is -0.385. The number of hydrogen-bond donors (Lipinski definition) is 2. The molecule has 0 spiro atoms. The summed E-state index contributed by atoms with van der Waals surface area (Å²) >= 11 is 0.901.